The van der Waals surface area contributed by atoms with Crippen molar-refractivity contribution in [2.75, 3.05) is 13.1 Å². The number of carbonyl (C=O) groups is 1. The lowest BCUT2D eigenvalue weighted by atomic mass is 10.1. The van der Waals surface area contributed by atoms with Crippen molar-refractivity contribution in [1.29, 1.82) is 0 Å². The minimum Gasteiger partial charge on any atom is -0.391 e. The average Bonchev–Trinajstić information content (AvgIpc) is 2.83. The Hall–Kier alpha value is -1.85. The predicted molar refractivity (Wildman–Crippen MR) is 93.4 cm³/mol. The number of aliphatic hydroxyl groups is 1. The van der Waals surface area contributed by atoms with Crippen molar-refractivity contribution in [3.63, 3.8) is 0 Å². The maximum atomic E-state index is 12.8. The smallest absolute Gasteiger partial charge is 0.257 e. The number of rotatable bonds is 3. The highest BCUT2D eigenvalue weighted by Gasteiger charge is 2.27. The minimum absolute atomic E-state index is 0.0360. The number of likely N-dealkylation sites (tertiary alicyclic amines) is 1. The first kappa shape index (κ1) is 17.0. The molecule has 1 saturated heterocycles. The van der Waals surface area contributed by atoms with Gasteiger partial charge in [-0.05, 0) is 44.4 Å². The number of β-amino-alcohol motifs (C(OH)–C–C–N with tert-alkyl or cyclic N) is 1. The van der Waals surface area contributed by atoms with Gasteiger partial charge in [0.05, 0.1) is 23.9 Å². The van der Waals surface area contributed by atoms with Crippen LogP contribution in [0.2, 0.25) is 5.02 Å². The summed E-state index contributed by atoms with van der Waals surface area (Å²) in [6.45, 7) is 5.47. The second kappa shape index (κ2) is 6.95. The van der Waals surface area contributed by atoms with Gasteiger partial charge in [0, 0.05) is 23.8 Å². The SMILES string of the molecule is Cc1nn(Cc2ccc(Cl)cc2)c(C)c1C(=O)N1CCCC(O)C1. The molecule has 24 heavy (non-hydrogen) atoms. The zero-order chi connectivity index (χ0) is 17.3. The van der Waals surface area contributed by atoms with Gasteiger partial charge in [0.15, 0.2) is 0 Å². The first-order chi connectivity index (χ1) is 11.5. The zero-order valence-electron chi connectivity index (χ0n) is 14.0. The van der Waals surface area contributed by atoms with E-state index in [0.29, 0.717) is 30.2 Å². The summed E-state index contributed by atoms with van der Waals surface area (Å²) in [7, 11) is 0. The van der Waals surface area contributed by atoms with E-state index in [4.69, 9.17) is 11.6 Å². The highest BCUT2D eigenvalue weighted by Crippen LogP contribution is 2.20. The van der Waals surface area contributed by atoms with Gasteiger partial charge in [-0.1, -0.05) is 23.7 Å². The molecule has 3 rings (SSSR count). The number of nitrogens with zero attached hydrogens (tertiary/aromatic N) is 3. The van der Waals surface area contributed by atoms with E-state index in [0.717, 1.165) is 29.8 Å². The number of amides is 1. The molecule has 0 spiro atoms. The molecule has 1 fully saturated rings. The maximum Gasteiger partial charge on any atom is 0.257 e. The van der Waals surface area contributed by atoms with Crippen molar-refractivity contribution in [2.45, 2.75) is 39.3 Å². The van der Waals surface area contributed by atoms with Gasteiger partial charge in [-0.3, -0.25) is 9.48 Å². The van der Waals surface area contributed by atoms with Crippen LogP contribution in [-0.4, -0.2) is 44.9 Å². The molecule has 1 aromatic carbocycles. The molecular weight excluding hydrogens is 326 g/mol. The van der Waals surface area contributed by atoms with Crippen LogP contribution in [-0.2, 0) is 6.54 Å². The molecule has 2 heterocycles. The molecule has 0 bridgehead atoms. The molecule has 0 aliphatic carbocycles. The number of carbonyl (C=O) groups excluding carboxylic acids is 1. The molecule has 128 valence electrons. The summed E-state index contributed by atoms with van der Waals surface area (Å²) in [5.41, 5.74) is 3.31. The molecule has 1 atom stereocenters. The summed E-state index contributed by atoms with van der Waals surface area (Å²) in [6, 6.07) is 7.62. The molecular formula is C18H22ClN3O2. The molecule has 5 nitrogen and oxygen atoms in total. The van der Waals surface area contributed by atoms with Crippen molar-refractivity contribution in [2.24, 2.45) is 0 Å². The van der Waals surface area contributed by atoms with Crippen molar-refractivity contribution >= 4 is 17.5 Å². The number of hydrogen-bond acceptors (Lipinski definition) is 3. The summed E-state index contributed by atoms with van der Waals surface area (Å²) < 4.78 is 1.85. The van der Waals surface area contributed by atoms with E-state index < -0.39 is 6.10 Å². The number of piperidine rings is 1. The topological polar surface area (TPSA) is 58.4 Å². The van der Waals surface area contributed by atoms with Gasteiger partial charge in [0.1, 0.15) is 0 Å². The van der Waals surface area contributed by atoms with Crippen LogP contribution >= 0.6 is 11.6 Å². The highest BCUT2D eigenvalue weighted by atomic mass is 35.5. The van der Waals surface area contributed by atoms with Gasteiger partial charge in [-0.25, -0.2) is 0 Å². The lowest BCUT2D eigenvalue weighted by Crippen LogP contribution is -2.42. The fraction of sp³-hybridized carbons (Fsp3) is 0.444. The van der Waals surface area contributed by atoms with Crippen molar-refractivity contribution in [3.8, 4) is 0 Å². The Labute approximate surface area is 146 Å². The van der Waals surface area contributed by atoms with Crippen LogP contribution in [0, 0.1) is 13.8 Å². The standard InChI is InChI=1S/C18H22ClN3O2/c1-12-17(18(24)21-9-3-4-16(23)11-21)13(2)22(20-12)10-14-5-7-15(19)8-6-14/h5-8,16,23H,3-4,9-11H2,1-2H3. The number of halogens is 1. The van der Waals surface area contributed by atoms with Gasteiger partial charge in [0.2, 0.25) is 0 Å². The molecule has 6 heteroatoms. The third-order valence-corrected chi connectivity index (χ3v) is 4.78. The fourth-order valence-electron chi connectivity index (χ4n) is 3.22. The van der Waals surface area contributed by atoms with E-state index >= 15 is 0 Å². The summed E-state index contributed by atoms with van der Waals surface area (Å²) in [5.74, 6) is -0.0360. The van der Waals surface area contributed by atoms with Crippen LogP contribution in [0.3, 0.4) is 0 Å². The van der Waals surface area contributed by atoms with Crippen LogP contribution in [0.15, 0.2) is 24.3 Å². The molecule has 1 aromatic heterocycles. The zero-order valence-corrected chi connectivity index (χ0v) is 14.8. The number of benzene rings is 1. The Morgan fingerprint density at radius 1 is 1.33 bits per heavy atom. The Morgan fingerprint density at radius 3 is 2.71 bits per heavy atom. The monoisotopic (exact) mass is 347 g/mol. The van der Waals surface area contributed by atoms with Crippen LogP contribution < -0.4 is 0 Å². The first-order valence-corrected chi connectivity index (χ1v) is 8.59. The summed E-state index contributed by atoms with van der Waals surface area (Å²) in [5, 5.41) is 15.0. The van der Waals surface area contributed by atoms with E-state index in [9.17, 15) is 9.90 Å². The first-order valence-electron chi connectivity index (χ1n) is 8.21. The van der Waals surface area contributed by atoms with Crippen molar-refractivity contribution in [3.05, 3.63) is 51.8 Å². The lowest BCUT2D eigenvalue weighted by Gasteiger charge is -2.30. The van der Waals surface area contributed by atoms with E-state index in [1.165, 1.54) is 0 Å². The Balaban J connectivity index is 1.83. The molecule has 2 aromatic rings. The number of aryl methyl sites for hydroxylation is 1. The molecule has 1 amide bonds. The maximum absolute atomic E-state index is 12.8. The summed E-state index contributed by atoms with van der Waals surface area (Å²) in [6.07, 6.45) is 1.18. The second-order valence-electron chi connectivity index (χ2n) is 6.38. The second-order valence-corrected chi connectivity index (χ2v) is 6.81. The van der Waals surface area contributed by atoms with Gasteiger partial charge < -0.3 is 10.0 Å². The van der Waals surface area contributed by atoms with Gasteiger partial charge in [-0.2, -0.15) is 5.10 Å². The summed E-state index contributed by atoms with van der Waals surface area (Å²) in [4.78, 5) is 14.6. The summed E-state index contributed by atoms with van der Waals surface area (Å²) >= 11 is 5.92. The average molecular weight is 348 g/mol. The van der Waals surface area contributed by atoms with Crippen LogP contribution in [0.1, 0.15) is 40.2 Å². The predicted octanol–water partition coefficient (Wildman–Crippen LogP) is 2.80. The molecule has 1 aliphatic heterocycles. The number of aliphatic hydroxyl groups excluding tert-OH is 1. The number of hydrogen-bond donors (Lipinski definition) is 1. The van der Waals surface area contributed by atoms with Crippen molar-refractivity contribution < 1.29 is 9.90 Å². The van der Waals surface area contributed by atoms with Gasteiger partial charge in [-0.15, -0.1) is 0 Å². The van der Waals surface area contributed by atoms with Crippen LogP contribution in [0.4, 0.5) is 0 Å². The third kappa shape index (κ3) is 3.47. The number of aromatic nitrogens is 2. The molecule has 0 radical (unpaired) electrons. The van der Waals surface area contributed by atoms with E-state index in [1.807, 2.05) is 42.8 Å². The van der Waals surface area contributed by atoms with Crippen LogP contribution in [0.25, 0.3) is 0 Å². The largest absolute Gasteiger partial charge is 0.391 e. The van der Waals surface area contributed by atoms with E-state index in [2.05, 4.69) is 5.10 Å². The third-order valence-electron chi connectivity index (χ3n) is 4.52. The molecule has 0 saturated carbocycles. The lowest BCUT2D eigenvalue weighted by molar-refractivity contribution is 0.0472. The minimum atomic E-state index is -0.424. The molecule has 1 N–H and O–H groups in total. The quantitative estimate of drug-likeness (QED) is 0.928. The van der Waals surface area contributed by atoms with Crippen molar-refractivity contribution in [1.82, 2.24) is 14.7 Å². The van der Waals surface area contributed by atoms with Gasteiger partial charge in [0.25, 0.3) is 5.91 Å². The van der Waals surface area contributed by atoms with E-state index in [1.54, 1.807) is 4.90 Å². The van der Waals surface area contributed by atoms with Gasteiger partial charge >= 0.3 is 0 Å². The van der Waals surface area contributed by atoms with Crippen LogP contribution in [0.5, 0.6) is 0 Å². The normalized spacial score (nSPS) is 18.0. The Kier molecular flexibility index (Phi) is 4.92. The Bertz CT molecular complexity index is 739. The Morgan fingerprint density at radius 2 is 2.04 bits per heavy atom. The molecule has 1 unspecified atom stereocenters. The highest BCUT2D eigenvalue weighted by molar-refractivity contribution is 6.30. The fourth-order valence-corrected chi connectivity index (χ4v) is 3.35. The van der Waals surface area contributed by atoms with E-state index in [-0.39, 0.29) is 5.91 Å². The molecule has 1 aliphatic rings.